The number of carboxylic acid groups (broad SMARTS) is 1. The van der Waals surface area contributed by atoms with Crippen LogP contribution in [0.25, 0.3) is 0 Å². The van der Waals surface area contributed by atoms with E-state index in [1.54, 1.807) is 0 Å². The minimum atomic E-state index is -5.08. The van der Waals surface area contributed by atoms with Crippen molar-refractivity contribution in [3.63, 3.8) is 0 Å². The number of carbonyl (C=O) groups is 1. The highest BCUT2D eigenvalue weighted by atomic mass is 32.2. The zero-order valence-electron chi connectivity index (χ0n) is 13.8. The second-order valence-corrected chi connectivity index (χ2v) is 12.9. The summed E-state index contributed by atoms with van der Waals surface area (Å²) in [7, 11) is -0.454. The Morgan fingerprint density at radius 3 is 1.05 bits per heavy atom. The van der Waals surface area contributed by atoms with Gasteiger partial charge in [0, 0.05) is 13.4 Å². The molecule has 0 bridgehead atoms. The third-order valence-corrected chi connectivity index (χ3v) is 7.17. The minimum Gasteiger partial charge on any atom is -0.475 e. The summed E-state index contributed by atoms with van der Waals surface area (Å²) >= 11 is 7.66. The van der Waals surface area contributed by atoms with E-state index in [0.29, 0.717) is 0 Å². The summed E-state index contributed by atoms with van der Waals surface area (Å²) in [6, 6.07) is 0. The first-order chi connectivity index (χ1) is 9.14. The van der Waals surface area contributed by atoms with Gasteiger partial charge in [-0.3, -0.25) is 0 Å². The molecule has 0 aliphatic heterocycles. The fraction of sp³-hybridized carbons (Fsp3) is 0.923. The van der Waals surface area contributed by atoms with Crippen LogP contribution in [0.15, 0.2) is 0 Å². The Labute approximate surface area is 139 Å². The van der Waals surface area contributed by atoms with Gasteiger partial charge in [-0.1, -0.05) is 58.2 Å². The molecule has 0 saturated carbocycles. The molecule has 0 aromatic rings. The maximum atomic E-state index is 10.6. The van der Waals surface area contributed by atoms with Crippen molar-refractivity contribution in [2.75, 3.05) is 0 Å². The normalized spacial score (nSPS) is 11.5. The summed E-state index contributed by atoms with van der Waals surface area (Å²) < 4.78 is 32.0. The van der Waals surface area contributed by atoms with Crippen LogP contribution in [0.3, 0.4) is 0 Å². The number of aliphatic carboxylic acids is 1. The summed E-state index contributed by atoms with van der Waals surface area (Å²) in [5, 5.41) is 7.12. The van der Waals surface area contributed by atoms with Gasteiger partial charge in [0.05, 0.1) is 0 Å². The van der Waals surface area contributed by atoms with E-state index in [1.165, 1.54) is 0 Å². The Kier molecular flexibility index (Phi) is 15.8. The van der Waals surface area contributed by atoms with Crippen molar-refractivity contribution in [2.45, 2.75) is 75.8 Å². The first-order valence-electron chi connectivity index (χ1n) is 6.80. The third-order valence-electron chi connectivity index (χ3n) is 2.55. The van der Waals surface area contributed by atoms with Crippen molar-refractivity contribution in [1.82, 2.24) is 0 Å². The topological polar surface area (TPSA) is 37.3 Å². The molecule has 8 heteroatoms. The molecule has 0 heterocycles. The zero-order chi connectivity index (χ0) is 18.0. The number of hydrogen-bond acceptors (Lipinski definition) is 3. The number of alkyl halides is 3. The average Bonchev–Trinajstić information content (AvgIpc) is 2.12. The molecule has 0 aromatic heterocycles. The number of hydrogen-bond donors (Lipinski definition) is 3. The van der Waals surface area contributed by atoms with Gasteiger partial charge in [0.1, 0.15) is 0 Å². The van der Waals surface area contributed by atoms with Crippen molar-refractivity contribution in [1.29, 1.82) is 0 Å². The molecule has 0 atom stereocenters. The Hall–Kier alpha value is 0.177. The second-order valence-electron chi connectivity index (χ2n) is 5.74. The van der Waals surface area contributed by atoms with Gasteiger partial charge >= 0.3 is 12.1 Å². The standard InChI is InChI=1S/C9H22Si.C2HF3O2.C2H6S2/c1-7(2)10(8(3)4)9(5)6;3-2(4,5)1(6)7;1-2(3)4/h7-10H,1-6H3;(H,6,7);2-4H,1H3. The Morgan fingerprint density at radius 1 is 0.905 bits per heavy atom. The number of thiol groups is 2. The lowest BCUT2D eigenvalue weighted by atomic mass is 10.5. The van der Waals surface area contributed by atoms with E-state index in [4.69, 9.17) is 9.90 Å². The van der Waals surface area contributed by atoms with Gasteiger partial charge in [0.2, 0.25) is 0 Å². The molecule has 21 heavy (non-hydrogen) atoms. The minimum absolute atomic E-state index is 0.222. The number of carboxylic acids is 1. The molecule has 0 saturated heterocycles. The maximum Gasteiger partial charge on any atom is 0.490 e. The van der Waals surface area contributed by atoms with Gasteiger partial charge in [-0.2, -0.15) is 38.4 Å². The van der Waals surface area contributed by atoms with Crippen molar-refractivity contribution in [2.24, 2.45) is 0 Å². The molecule has 0 fully saturated rings. The van der Waals surface area contributed by atoms with E-state index in [0.717, 1.165) is 16.6 Å². The third kappa shape index (κ3) is 20.2. The highest BCUT2D eigenvalue weighted by Crippen LogP contribution is 2.29. The molecule has 0 amide bonds. The smallest absolute Gasteiger partial charge is 0.475 e. The molecule has 0 aliphatic rings. The molecule has 0 aliphatic carbocycles. The lowest BCUT2D eigenvalue weighted by molar-refractivity contribution is -0.192. The summed E-state index contributed by atoms with van der Waals surface area (Å²) in [5.74, 6) is -2.76. The van der Waals surface area contributed by atoms with Crippen LogP contribution in [0.5, 0.6) is 0 Å². The number of rotatable bonds is 3. The van der Waals surface area contributed by atoms with Crippen molar-refractivity contribution < 1.29 is 23.1 Å². The fourth-order valence-electron chi connectivity index (χ4n) is 2.31. The first-order valence-corrected chi connectivity index (χ1v) is 9.84. The summed E-state index contributed by atoms with van der Waals surface area (Å²) in [4.78, 5) is 8.90. The van der Waals surface area contributed by atoms with Gasteiger partial charge in [-0.05, 0) is 6.92 Å². The molecule has 0 unspecified atom stereocenters. The van der Waals surface area contributed by atoms with Crippen LogP contribution in [0.4, 0.5) is 13.2 Å². The Balaban J connectivity index is -0.000000256. The van der Waals surface area contributed by atoms with Crippen LogP contribution in [-0.2, 0) is 4.79 Å². The predicted octanol–water partition coefficient (Wildman–Crippen LogP) is 5.27. The first kappa shape index (κ1) is 26.1. The van der Waals surface area contributed by atoms with Crippen LogP contribution in [-0.4, -0.2) is 30.6 Å². The van der Waals surface area contributed by atoms with Crippen LogP contribution in [0.2, 0.25) is 16.6 Å². The summed E-state index contributed by atoms with van der Waals surface area (Å²) in [6.45, 7) is 16.2. The zero-order valence-corrected chi connectivity index (χ0v) is 16.7. The number of halogens is 3. The quantitative estimate of drug-likeness (QED) is 0.362. The molecule has 130 valence electrons. The molecule has 0 radical (unpaired) electrons. The summed E-state index contributed by atoms with van der Waals surface area (Å²) in [5.41, 5.74) is 2.92. The molecule has 1 N–H and O–H groups in total. The molecular weight excluding hydrogens is 337 g/mol. The van der Waals surface area contributed by atoms with E-state index in [9.17, 15) is 13.2 Å². The lowest BCUT2D eigenvalue weighted by Crippen LogP contribution is -2.24. The largest absolute Gasteiger partial charge is 0.490 e. The monoisotopic (exact) mass is 366 g/mol. The molecule has 0 rings (SSSR count). The lowest BCUT2D eigenvalue weighted by Gasteiger charge is -2.26. The van der Waals surface area contributed by atoms with Gasteiger partial charge in [0.25, 0.3) is 0 Å². The average molecular weight is 367 g/mol. The Morgan fingerprint density at radius 2 is 1.05 bits per heavy atom. The van der Waals surface area contributed by atoms with Gasteiger partial charge < -0.3 is 5.11 Å². The highest BCUT2D eigenvalue weighted by Gasteiger charge is 2.38. The molecular formula is C13H29F3O2S2Si. The van der Waals surface area contributed by atoms with Gasteiger partial charge in [-0.25, -0.2) is 4.79 Å². The molecule has 0 aromatic carbocycles. The van der Waals surface area contributed by atoms with Crippen LogP contribution >= 0.6 is 25.3 Å². The van der Waals surface area contributed by atoms with Crippen LogP contribution in [0, 0.1) is 0 Å². The molecule has 0 spiro atoms. The maximum absolute atomic E-state index is 10.6. The van der Waals surface area contributed by atoms with Crippen molar-refractivity contribution >= 4 is 40.0 Å². The van der Waals surface area contributed by atoms with Crippen LogP contribution < -0.4 is 0 Å². The van der Waals surface area contributed by atoms with Gasteiger partial charge in [-0.15, -0.1) is 0 Å². The van der Waals surface area contributed by atoms with E-state index >= 15 is 0 Å². The van der Waals surface area contributed by atoms with Crippen molar-refractivity contribution in [3.05, 3.63) is 0 Å². The fourth-order valence-corrected chi connectivity index (χ4v) is 6.93. The SMILES string of the molecule is CC(C)[SiH](C(C)C)C(C)C.CC(S)S.O=C(O)C(F)(F)F. The van der Waals surface area contributed by atoms with Gasteiger partial charge in [0.15, 0.2) is 0 Å². The van der Waals surface area contributed by atoms with E-state index in [-0.39, 0.29) is 4.58 Å². The Bertz CT molecular complexity index is 249. The van der Waals surface area contributed by atoms with E-state index in [2.05, 4.69) is 66.8 Å². The van der Waals surface area contributed by atoms with E-state index < -0.39 is 20.9 Å². The second kappa shape index (κ2) is 12.7. The summed E-state index contributed by atoms with van der Waals surface area (Å²) in [6.07, 6.45) is -5.08. The van der Waals surface area contributed by atoms with Crippen LogP contribution in [0.1, 0.15) is 48.5 Å². The highest BCUT2D eigenvalue weighted by molar-refractivity contribution is 7.99. The molecule has 2 nitrogen and oxygen atoms in total. The van der Waals surface area contributed by atoms with Crippen molar-refractivity contribution in [3.8, 4) is 0 Å². The van der Waals surface area contributed by atoms with E-state index in [1.807, 2.05) is 6.92 Å². The predicted molar refractivity (Wildman–Crippen MR) is 93.6 cm³/mol.